The number of amides is 1. The Morgan fingerprint density at radius 3 is 2.36 bits per heavy atom. The van der Waals surface area contributed by atoms with Gasteiger partial charge in [0.1, 0.15) is 5.75 Å². The lowest BCUT2D eigenvalue weighted by Gasteiger charge is -2.35. The van der Waals surface area contributed by atoms with Gasteiger partial charge < -0.3 is 15.3 Å². The van der Waals surface area contributed by atoms with Crippen LogP contribution in [0.3, 0.4) is 0 Å². The van der Waals surface area contributed by atoms with E-state index in [-0.39, 0.29) is 11.7 Å². The highest BCUT2D eigenvalue weighted by Crippen LogP contribution is 2.20. The van der Waals surface area contributed by atoms with Crippen molar-refractivity contribution in [3.63, 3.8) is 0 Å². The molecule has 1 amide bonds. The number of nitrogens with one attached hydrogen (secondary N) is 1. The molecule has 1 aliphatic heterocycles. The molecule has 3 rings (SSSR count). The Kier molecular flexibility index (Phi) is 5.24. The van der Waals surface area contributed by atoms with Gasteiger partial charge in [0, 0.05) is 37.6 Å². The second-order valence-electron chi connectivity index (χ2n) is 6.65. The first-order valence-corrected chi connectivity index (χ1v) is 8.65. The van der Waals surface area contributed by atoms with Crippen LogP contribution in [0.1, 0.15) is 11.1 Å². The van der Waals surface area contributed by atoms with Gasteiger partial charge in [0.2, 0.25) is 5.91 Å². The molecule has 5 nitrogen and oxygen atoms in total. The lowest BCUT2D eigenvalue weighted by Crippen LogP contribution is -2.48. The normalized spacial score (nSPS) is 15.2. The average Bonchev–Trinajstić information content (AvgIpc) is 2.59. The van der Waals surface area contributed by atoms with Gasteiger partial charge in [-0.25, -0.2) is 0 Å². The summed E-state index contributed by atoms with van der Waals surface area (Å²) in [5.41, 5.74) is 4.28. The average molecular weight is 339 g/mol. The quantitative estimate of drug-likeness (QED) is 0.899. The molecule has 5 heteroatoms. The Morgan fingerprint density at radius 1 is 1.04 bits per heavy atom. The molecule has 1 heterocycles. The minimum atomic E-state index is 0.0324. The predicted molar refractivity (Wildman–Crippen MR) is 101 cm³/mol. The van der Waals surface area contributed by atoms with E-state index < -0.39 is 0 Å². The van der Waals surface area contributed by atoms with Crippen LogP contribution in [-0.4, -0.2) is 48.6 Å². The molecule has 1 saturated heterocycles. The molecule has 0 bridgehead atoms. The summed E-state index contributed by atoms with van der Waals surface area (Å²) in [6.45, 7) is 7.92. The summed E-state index contributed by atoms with van der Waals surface area (Å²) in [6, 6.07) is 13.3. The first kappa shape index (κ1) is 17.3. The van der Waals surface area contributed by atoms with E-state index in [1.54, 1.807) is 12.1 Å². The minimum Gasteiger partial charge on any atom is -0.508 e. The maximum absolute atomic E-state index is 12.3. The van der Waals surface area contributed by atoms with Gasteiger partial charge in [-0.1, -0.05) is 17.7 Å². The summed E-state index contributed by atoms with van der Waals surface area (Å²) < 4.78 is 0. The van der Waals surface area contributed by atoms with Crippen LogP contribution in [0.4, 0.5) is 11.4 Å². The Morgan fingerprint density at radius 2 is 1.72 bits per heavy atom. The third kappa shape index (κ3) is 4.51. The summed E-state index contributed by atoms with van der Waals surface area (Å²) >= 11 is 0. The Labute approximate surface area is 148 Å². The van der Waals surface area contributed by atoms with Crippen LogP contribution >= 0.6 is 0 Å². The fraction of sp³-hybridized carbons (Fsp3) is 0.350. The smallest absolute Gasteiger partial charge is 0.238 e. The van der Waals surface area contributed by atoms with E-state index in [2.05, 4.69) is 21.2 Å². The lowest BCUT2D eigenvalue weighted by atomic mass is 10.1. The molecular weight excluding hydrogens is 314 g/mol. The van der Waals surface area contributed by atoms with E-state index in [0.717, 1.165) is 43.1 Å². The van der Waals surface area contributed by atoms with Crippen LogP contribution in [0.2, 0.25) is 0 Å². The molecule has 2 N–H and O–H groups in total. The monoisotopic (exact) mass is 339 g/mol. The van der Waals surface area contributed by atoms with E-state index in [9.17, 15) is 9.90 Å². The van der Waals surface area contributed by atoms with Crippen molar-refractivity contribution < 1.29 is 9.90 Å². The number of carbonyl (C=O) groups excluding carboxylic acids is 1. The maximum Gasteiger partial charge on any atom is 0.238 e. The second kappa shape index (κ2) is 7.57. The van der Waals surface area contributed by atoms with E-state index in [4.69, 9.17) is 0 Å². The molecule has 0 saturated carbocycles. The molecule has 25 heavy (non-hydrogen) atoms. The first-order chi connectivity index (χ1) is 12.0. The zero-order chi connectivity index (χ0) is 17.8. The molecule has 132 valence electrons. The highest BCUT2D eigenvalue weighted by Gasteiger charge is 2.19. The third-order valence-electron chi connectivity index (χ3n) is 4.61. The van der Waals surface area contributed by atoms with Crippen molar-refractivity contribution in [1.29, 1.82) is 0 Å². The highest BCUT2D eigenvalue weighted by molar-refractivity contribution is 5.93. The zero-order valence-corrected chi connectivity index (χ0v) is 14.8. The number of anilines is 2. The summed E-state index contributed by atoms with van der Waals surface area (Å²) in [6.07, 6.45) is 0. The van der Waals surface area contributed by atoms with Gasteiger partial charge in [-0.2, -0.15) is 0 Å². The van der Waals surface area contributed by atoms with E-state index in [1.807, 2.05) is 38.1 Å². The largest absolute Gasteiger partial charge is 0.508 e. The van der Waals surface area contributed by atoms with Gasteiger partial charge in [0.25, 0.3) is 0 Å². The number of phenols is 1. The molecule has 0 radical (unpaired) electrons. The van der Waals surface area contributed by atoms with E-state index >= 15 is 0 Å². The number of hydrogen-bond acceptors (Lipinski definition) is 4. The Balaban J connectivity index is 1.50. The molecule has 2 aromatic rings. The Hall–Kier alpha value is -2.53. The van der Waals surface area contributed by atoms with Crippen LogP contribution in [0, 0.1) is 13.8 Å². The number of benzene rings is 2. The fourth-order valence-electron chi connectivity index (χ4n) is 3.17. The number of nitrogens with zero attached hydrogens (tertiary/aromatic N) is 2. The standard InChI is InChI=1S/C20H25N3O2/c1-15-3-8-19(16(2)13-15)21-20(25)14-22-9-11-23(12-10-22)17-4-6-18(24)7-5-17/h3-8,13,24H,9-12,14H2,1-2H3,(H,21,25). The van der Waals surface area contributed by atoms with Crippen molar-refractivity contribution in [1.82, 2.24) is 4.90 Å². The van der Waals surface area contributed by atoms with Crippen molar-refractivity contribution in [3.8, 4) is 5.75 Å². The van der Waals surface area contributed by atoms with Crippen molar-refractivity contribution in [2.24, 2.45) is 0 Å². The fourth-order valence-corrected chi connectivity index (χ4v) is 3.17. The molecule has 0 spiro atoms. The molecular formula is C20H25N3O2. The van der Waals surface area contributed by atoms with Gasteiger partial charge >= 0.3 is 0 Å². The number of phenolic OH excluding ortho intramolecular Hbond substituents is 1. The first-order valence-electron chi connectivity index (χ1n) is 8.65. The Bertz CT molecular complexity index is 735. The number of piperazine rings is 1. The second-order valence-corrected chi connectivity index (χ2v) is 6.65. The number of aromatic hydroxyl groups is 1. The van der Waals surface area contributed by atoms with Crippen molar-refractivity contribution in [2.45, 2.75) is 13.8 Å². The number of rotatable bonds is 4. The van der Waals surface area contributed by atoms with Crippen LogP contribution < -0.4 is 10.2 Å². The lowest BCUT2D eigenvalue weighted by molar-refractivity contribution is -0.117. The summed E-state index contributed by atoms with van der Waals surface area (Å²) in [7, 11) is 0. The summed E-state index contributed by atoms with van der Waals surface area (Å²) in [5.74, 6) is 0.315. The molecule has 1 fully saturated rings. The third-order valence-corrected chi connectivity index (χ3v) is 4.61. The van der Waals surface area contributed by atoms with E-state index in [0.29, 0.717) is 6.54 Å². The van der Waals surface area contributed by atoms with Crippen molar-refractivity contribution in [3.05, 3.63) is 53.6 Å². The van der Waals surface area contributed by atoms with Gasteiger partial charge in [-0.05, 0) is 49.7 Å². The highest BCUT2D eigenvalue weighted by atomic mass is 16.3. The molecule has 2 aromatic carbocycles. The molecule has 0 unspecified atom stereocenters. The van der Waals surface area contributed by atoms with Crippen LogP contribution in [0.15, 0.2) is 42.5 Å². The van der Waals surface area contributed by atoms with Crippen LogP contribution in [-0.2, 0) is 4.79 Å². The SMILES string of the molecule is Cc1ccc(NC(=O)CN2CCN(c3ccc(O)cc3)CC2)c(C)c1. The van der Waals surface area contributed by atoms with Gasteiger partial charge in [-0.15, -0.1) is 0 Å². The molecule has 0 aromatic heterocycles. The number of carbonyl (C=O) groups is 1. The van der Waals surface area contributed by atoms with Gasteiger partial charge in [-0.3, -0.25) is 9.69 Å². The molecule has 0 aliphatic carbocycles. The molecule has 0 atom stereocenters. The number of hydrogen-bond donors (Lipinski definition) is 2. The minimum absolute atomic E-state index is 0.0324. The maximum atomic E-state index is 12.3. The summed E-state index contributed by atoms with van der Waals surface area (Å²) in [4.78, 5) is 16.8. The topological polar surface area (TPSA) is 55.8 Å². The number of aryl methyl sites for hydroxylation is 2. The zero-order valence-electron chi connectivity index (χ0n) is 14.8. The molecule has 1 aliphatic rings. The predicted octanol–water partition coefficient (Wildman–Crippen LogP) is 2.77. The summed E-state index contributed by atoms with van der Waals surface area (Å²) in [5, 5.41) is 12.4. The van der Waals surface area contributed by atoms with Crippen LogP contribution in [0.25, 0.3) is 0 Å². The van der Waals surface area contributed by atoms with Crippen molar-refractivity contribution in [2.75, 3.05) is 42.9 Å². The van der Waals surface area contributed by atoms with Gasteiger partial charge in [0.05, 0.1) is 6.54 Å². The van der Waals surface area contributed by atoms with Crippen molar-refractivity contribution >= 4 is 17.3 Å². The van der Waals surface area contributed by atoms with E-state index in [1.165, 1.54) is 5.56 Å². The van der Waals surface area contributed by atoms with Crippen LogP contribution in [0.5, 0.6) is 5.75 Å². The van der Waals surface area contributed by atoms with Gasteiger partial charge in [0.15, 0.2) is 0 Å².